The summed E-state index contributed by atoms with van der Waals surface area (Å²) in [7, 11) is 1.52. The monoisotopic (exact) mass is 497 g/mol. The van der Waals surface area contributed by atoms with Crippen molar-refractivity contribution in [2.75, 3.05) is 13.7 Å². The molecule has 1 aromatic heterocycles. The Labute approximate surface area is 211 Å². The number of nitrogens with zero attached hydrogens (tertiary/aromatic N) is 2. The van der Waals surface area contributed by atoms with Gasteiger partial charge >= 0.3 is 0 Å². The van der Waals surface area contributed by atoms with Gasteiger partial charge in [-0.15, -0.1) is 0 Å². The maximum absolute atomic E-state index is 13.2. The number of ketones is 1. The van der Waals surface area contributed by atoms with Gasteiger partial charge in [0.15, 0.2) is 0 Å². The number of H-pyrrole nitrogens is 1. The van der Waals surface area contributed by atoms with Crippen LogP contribution in [0.1, 0.15) is 22.7 Å². The van der Waals surface area contributed by atoms with E-state index in [1.807, 2.05) is 30.5 Å². The molecule has 0 bridgehead atoms. The van der Waals surface area contributed by atoms with E-state index in [9.17, 15) is 24.8 Å². The van der Waals surface area contributed by atoms with Crippen LogP contribution in [-0.2, 0) is 16.0 Å². The van der Waals surface area contributed by atoms with E-state index in [1.54, 1.807) is 24.3 Å². The molecule has 0 unspecified atom stereocenters. The SMILES string of the molecule is COc1ccc(C(O)=C2C(=O)C(=O)N(CCc3c[nH]c4ccccc34)[C@@H]2c2ccc([N+](=O)[O-])cc2)cc1. The molecule has 37 heavy (non-hydrogen) atoms. The zero-order valence-corrected chi connectivity index (χ0v) is 19.9. The second kappa shape index (κ2) is 9.62. The smallest absolute Gasteiger partial charge is 0.295 e. The van der Waals surface area contributed by atoms with Crippen LogP contribution in [0.3, 0.4) is 0 Å². The lowest BCUT2D eigenvalue weighted by Gasteiger charge is -2.25. The number of aromatic amines is 1. The van der Waals surface area contributed by atoms with Gasteiger partial charge in [0.05, 0.1) is 23.6 Å². The van der Waals surface area contributed by atoms with Crippen molar-refractivity contribution < 1.29 is 24.4 Å². The molecular weight excluding hydrogens is 474 g/mol. The molecule has 1 aliphatic rings. The first-order valence-corrected chi connectivity index (χ1v) is 11.6. The molecule has 1 aliphatic heterocycles. The van der Waals surface area contributed by atoms with Crippen LogP contribution in [0, 0.1) is 10.1 Å². The molecule has 1 amide bonds. The minimum Gasteiger partial charge on any atom is -0.507 e. The van der Waals surface area contributed by atoms with Crippen LogP contribution in [0.5, 0.6) is 5.75 Å². The van der Waals surface area contributed by atoms with E-state index in [-0.39, 0.29) is 23.6 Å². The summed E-state index contributed by atoms with van der Waals surface area (Å²) in [6.45, 7) is 0.202. The number of carbonyl (C=O) groups is 2. The number of aromatic nitrogens is 1. The van der Waals surface area contributed by atoms with E-state index in [1.165, 1.54) is 36.3 Å². The second-order valence-corrected chi connectivity index (χ2v) is 8.68. The summed E-state index contributed by atoms with van der Waals surface area (Å²) in [6, 6.07) is 19.0. The van der Waals surface area contributed by atoms with Gasteiger partial charge in [0.2, 0.25) is 0 Å². The Morgan fingerprint density at radius 3 is 2.43 bits per heavy atom. The lowest BCUT2D eigenvalue weighted by atomic mass is 9.95. The van der Waals surface area contributed by atoms with E-state index in [0.717, 1.165) is 16.5 Å². The number of amides is 1. The summed E-state index contributed by atoms with van der Waals surface area (Å²) in [5.74, 6) is -1.30. The zero-order valence-electron chi connectivity index (χ0n) is 19.9. The predicted molar refractivity (Wildman–Crippen MR) is 137 cm³/mol. The van der Waals surface area contributed by atoms with Crippen molar-refractivity contribution in [3.05, 3.63) is 111 Å². The molecule has 1 saturated heterocycles. The van der Waals surface area contributed by atoms with Crippen molar-refractivity contribution in [3.8, 4) is 5.75 Å². The molecule has 4 aromatic rings. The number of benzene rings is 3. The average molecular weight is 498 g/mol. The number of para-hydroxylation sites is 1. The molecule has 9 nitrogen and oxygen atoms in total. The van der Waals surface area contributed by atoms with E-state index in [2.05, 4.69) is 4.98 Å². The maximum Gasteiger partial charge on any atom is 0.295 e. The van der Waals surface area contributed by atoms with E-state index < -0.39 is 22.7 Å². The van der Waals surface area contributed by atoms with Crippen molar-refractivity contribution in [3.63, 3.8) is 0 Å². The van der Waals surface area contributed by atoms with Crippen LogP contribution in [0.25, 0.3) is 16.7 Å². The highest BCUT2D eigenvalue weighted by atomic mass is 16.6. The van der Waals surface area contributed by atoms with Crippen molar-refractivity contribution in [1.29, 1.82) is 0 Å². The Morgan fingerprint density at radius 1 is 1.05 bits per heavy atom. The maximum atomic E-state index is 13.2. The number of non-ortho nitro benzene ring substituents is 1. The summed E-state index contributed by atoms with van der Waals surface area (Å²) >= 11 is 0. The van der Waals surface area contributed by atoms with Crippen LogP contribution in [0.15, 0.2) is 84.6 Å². The van der Waals surface area contributed by atoms with Gasteiger partial charge in [-0.3, -0.25) is 19.7 Å². The Kier molecular flexibility index (Phi) is 6.19. The Hall–Kier alpha value is -4.92. The van der Waals surface area contributed by atoms with Crippen molar-refractivity contribution >= 4 is 34.0 Å². The fourth-order valence-corrected chi connectivity index (χ4v) is 4.72. The van der Waals surface area contributed by atoms with Crippen molar-refractivity contribution in [1.82, 2.24) is 9.88 Å². The molecule has 3 aromatic carbocycles. The third kappa shape index (κ3) is 4.31. The number of aliphatic hydroxyl groups is 1. The highest BCUT2D eigenvalue weighted by molar-refractivity contribution is 6.46. The molecular formula is C28H23N3O6. The zero-order chi connectivity index (χ0) is 26.1. The van der Waals surface area contributed by atoms with Gasteiger partial charge < -0.3 is 19.7 Å². The molecule has 1 fully saturated rings. The van der Waals surface area contributed by atoms with Crippen LogP contribution in [-0.4, -0.2) is 45.3 Å². The van der Waals surface area contributed by atoms with Gasteiger partial charge in [0.25, 0.3) is 17.4 Å². The first-order valence-electron chi connectivity index (χ1n) is 11.6. The second-order valence-electron chi connectivity index (χ2n) is 8.68. The van der Waals surface area contributed by atoms with Crippen molar-refractivity contribution in [2.45, 2.75) is 12.5 Å². The van der Waals surface area contributed by atoms with E-state index in [0.29, 0.717) is 23.3 Å². The van der Waals surface area contributed by atoms with Crippen molar-refractivity contribution in [2.24, 2.45) is 0 Å². The predicted octanol–water partition coefficient (Wildman–Crippen LogP) is 4.75. The number of ether oxygens (including phenoxy) is 1. The molecule has 0 radical (unpaired) electrons. The Bertz CT molecular complexity index is 1540. The largest absolute Gasteiger partial charge is 0.507 e. The van der Waals surface area contributed by atoms with Gasteiger partial charge in [-0.2, -0.15) is 0 Å². The first-order chi connectivity index (χ1) is 17.9. The normalized spacial score (nSPS) is 16.9. The number of likely N-dealkylation sites (tertiary alicyclic amines) is 1. The Morgan fingerprint density at radius 2 is 1.76 bits per heavy atom. The van der Waals surface area contributed by atoms with Gasteiger partial charge in [0, 0.05) is 41.3 Å². The number of rotatable bonds is 7. The van der Waals surface area contributed by atoms with E-state index in [4.69, 9.17) is 4.74 Å². The van der Waals surface area contributed by atoms with Crippen LogP contribution >= 0.6 is 0 Å². The molecule has 2 heterocycles. The highest BCUT2D eigenvalue weighted by Gasteiger charge is 2.46. The summed E-state index contributed by atoms with van der Waals surface area (Å²) in [5, 5.41) is 23.4. The summed E-state index contributed by atoms with van der Waals surface area (Å²) in [4.78, 5) is 41.7. The molecule has 2 N–H and O–H groups in total. The van der Waals surface area contributed by atoms with Gasteiger partial charge in [-0.1, -0.05) is 18.2 Å². The van der Waals surface area contributed by atoms with Gasteiger partial charge in [0.1, 0.15) is 11.5 Å². The van der Waals surface area contributed by atoms with Crippen LogP contribution in [0.4, 0.5) is 5.69 Å². The average Bonchev–Trinajstić information content (AvgIpc) is 3.45. The summed E-state index contributed by atoms with van der Waals surface area (Å²) in [5.41, 5.74) is 2.60. The third-order valence-corrected chi connectivity index (χ3v) is 6.62. The lowest BCUT2D eigenvalue weighted by Crippen LogP contribution is -2.31. The van der Waals surface area contributed by atoms with Gasteiger partial charge in [-0.05, 0) is 60.0 Å². The molecule has 0 spiro atoms. The molecule has 0 saturated carbocycles. The number of hydrogen-bond acceptors (Lipinski definition) is 6. The number of fused-ring (bicyclic) bond motifs is 1. The Balaban J connectivity index is 1.56. The number of carbonyl (C=O) groups excluding carboxylic acids is 2. The number of Topliss-reactive ketones (excluding diaryl/α,β-unsaturated/α-hetero) is 1. The lowest BCUT2D eigenvalue weighted by molar-refractivity contribution is -0.384. The number of hydrogen-bond donors (Lipinski definition) is 2. The van der Waals surface area contributed by atoms with Crippen LogP contribution in [0.2, 0.25) is 0 Å². The minimum absolute atomic E-state index is 0.0667. The molecule has 1 atom stereocenters. The quantitative estimate of drug-likeness (QED) is 0.125. The molecule has 9 heteroatoms. The van der Waals surface area contributed by atoms with E-state index >= 15 is 0 Å². The fourth-order valence-electron chi connectivity index (χ4n) is 4.72. The third-order valence-electron chi connectivity index (χ3n) is 6.62. The number of methoxy groups -OCH3 is 1. The standard InChI is InChI=1S/C28H23N3O6/c1-37-21-12-8-18(9-13-21)26(32)24-25(17-6-10-20(11-7-17)31(35)36)30(28(34)27(24)33)15-14-19-16-29-23-5-3-2-4-22(19)23/h2-13,16,25,29,32H,14-15H2,1H3/t25-/m1/s1. The molecule has 5 rings (SSSR count). The number of nitrogens with one attached hydrogen (secondary N) is 1. The first kappa shape index (κ1) is 23.8. The summed E-state index contributed by atoms with van der Waals surface area (Å²) < 4.78 is 5.16. The summed E-state index contributed by atoms with van der Waals surface area (Å²) in [6.07, 6.45) is 2.34. The number of nitro benzene ring substituents is 1. The number of aliphatic hydroxyl groups excluding tert-OH is 1. The minimum atomic E-state index is -0.909. The molecule has 0 aliphatic carbocycles. The molecule has 186 valence electrons. The topological polar surface area (TPSA) is 126 Å². The highest BCUT2D eigenvalue weighted by Crippen LogP contribution is 2.40. The van der Waals surface area contributed by atoms with Crippen LogP contribution < -0.4 is 4.74 Å². The van der Waals surface area contributed by atoms with Gasteiger partial charge in [-0.25, -0.2) is 0 Å². The number of nitro groups is 1. The fraction of sp³-hybridized carbons (Fsp3) is 0.143.